The van der Waals surface area contributed by atoms with E-state index in [1.54, 1.807) is 0 Å². The number of aliphatic hydroxyl groups is 1. The van der Waals surface area contributed by atoms with E-state index in [1.165, 1.54) is 0 Å². The number of nitrogens with zero attached hydrogens (tertiary/aromatic N) is 1. The van der Waals surface area contributed by atoms with Crippen molar-refractivity contribution in [1.29, 1.82) is 0 Å². The Balaban J connectivity index is 1.46. The molecule has 1 fully saturated rings. The van der Waals surface area contributed by atoms with Crippen LogP contribution < -0.4 is 5.32 Å². The van der Waals surface area contributed by atoms with Gasteiger partial charge in [0.2, 0.25) is 0 Å². The Kier molecular flexibility index (Phi) is 7.70. The first-order valence-electron chi connectivity index (χ1n) is 7.65. The first kappa shape index (κ1) is 16.4. The van der Waals surface area contributed by atoms with Crippen LogP contribution in [0.2, 0.25) is 0 Å². The van der Waals surface area contributed by atoms with Crippen molar-refractivity contribution in [3.63, 3.8) is 0 Å². The molecule has 1 aliphatic heterocycles. The van der Waals surface area contributed by atoms with Crippen LogP contribution in [0.25, 0.3) is 0 Å². The number of hydrogen-bond donors (Lipinski definition) is 2. The Labute approximate surface area is 126 Å². The minimum absolute atomic E-state index is 0.361. The van der Waals surface area contributed by atoms with Crippen molar-refractivity contribution >= 4 is 0 Å². The van der Waals surface area contributed by atoms with Crippen molar-refractivity contribution in [1.82, 2.24) is 10.2 Å². The molecule has 21 heavy (non-hydrogen) atoms. The molecule has 0 amide bonds. The van der Waals surface area contributed by atoms with Gasteiger partial charge in [-0.2, -0.15) is 0 Å². The van der Waals surface area contributed by atoms with Gasteiger partial charge >= 0.3 is 0 Å². The van der Waals surface area contributed by atoms with Crippen molar-refractivity contribution in [2.75, 3.05) is 52.5 Å². The van der Waals surface area contributed by atoms with E-state index in [1.807, 2.05) is 30.3 Å². The van der Waals surface area contributed by atoms with Gasteiger partial charge in [-0.15, -0.1) is 0 Å². The summed E-state index contributed by atoms with van der Waals surface area (Å²) >= 11 is 0. The maximum atomic E-state index is 9.84. The molecule has 0 aliphatic carbocycles. The van der Waals surface area contributed by atoms with Crippen LogP contribution in [0.4, 0.5) is 0 Å². The molecule has 1 unspecified atom stereocenters. The van der Waals surface area contributed by atoms with E-state index in [0.29, 0.717) is 19.8 Å². The normalized spacial score (nSPS) is 17.8. The Morgan fingerprint density at radius 2 is 2.00 bits per heavy atom. The molecule has 2 rings (SSSR count). The summed E-state index contributed by atoms with van der Waals surface area (Å²) < 4.78 is 10.8. The molecule has 2 N–H and O–H groups in total. The summed E-state index contributed by atoms with van der Waals surface area (Å²) in [6.07, 6.45) is -0.460. The minimum atomic E-state index is -0.460. The van der Waals surface area contributed by atoms with Gasteiger partial charge in [0.25, 0.3) is 0 Å². The zero-order valence-corrected chi connectivity index (χ0v) is 12.5. The quantitative estimate of drug-likeness (QED) is 0.649. The third-order valence-electron chi connectivity index (χ3n) is 3.51. The van der Waals surface area contributed by atoms with Crippen molar-refractivity contribution in [2.24, 2.45) is 0 Å². The lowest BCUT2D eigenvalue weighted by Crippen LogP contribution is -2.41. The van der Waals surface area contributed by atoms with Crippen LogP contribution in [0.15, 0.2) is 30.3 Å². The van der Waals surface area contributed by atoms with E-state index >= 15 is 0 Å². The molecular weight excluding hydrogens is 268 g/mol. The second-order valence-electron chi connectivity index (χ2n) is 5.31. The molecule has 1 aromatic carbocycles. The predicted octanol–water partition coefficient (Wildman–Crippen LogP) is 0.486. The second kappa shape index (κ2) is 9.87. The zero-order valence-electron chi connectivity index (χ0n) is 12.5. The number of benzene rings is 1. The van der Waals surface area contributed by atoms with Gasteiger partial charge in [0.15, 0.2) is 0 Å². The van der Waals surface area contributed by atoms with Crippen molar-refractivity contribution in [2.45, 2.75) is 12.7 Å². The van der Waals surface area contributed by atoms with Gasteiger partial charge in [0.05, 0.1) is 32.5 Å². The highest BCUT2D eigenvalue weighted by atomic mass is 16.5. The Morgan fingerprint density at radius 1 is 1.24 bits per heavy atom. The summed E-state index contributed by atoms with van der Waals surface area (Å²) in [7, 11) is 0. The molecular formula is C16H26N2O3. The van der Waals surface area contributed by atoms with Crippen LogP contribution in [-0.2, 0) is 16.1 Å². The summed E-state index contributed by atoms with van der Waals surface area (Å²) in [5.41, 5.74) is 1.13. The number of ether oxygens (including phenoxy) is 2. The average molecular weight is 294 g/mol. The van der Waals surface area contributed by atoms with Gasteiger partial charge in [0.1, 0.15) is 0 Å². The lowest BCUT2D eigenvalue weighted by atomic mass is 10.2. The molecule has 5 nitrogen and oxygen atoms in total. The number of morpholine rings is 1. The first-order chi connectivity index (χ1) is 10.3. The fourth-order valence-corrected chi connectivity index (χ4v) is 2.28. The van der Waals surface area contributed by atoms with Crippen LogP contribution in [-0.4, -0.2) is 68.7 Å². The highest BCUT2D eigenvalue weighted by Crippen LogP contribution is 2.00. The van der Waals surface area contributed by atoms with Gasteiger partial charge in [0, 0.05) is 32.7 Å². The van der Waals surface area contributed by atoms with Crippen LogP contribution in [0, 0.1) is 0 Å². The van der Waals surface area contributed by atoms with E-state index < -0.39 is 6.10 Å². The van der Waals surface area contributed by atoms with Gasteiger partial charge < -0.3 is 19.9 Å². The lowest BCUT2D eigenvalue weighted by molar-refractivity contribution is 0.0259. The molecule has 1 atom stereocenters. The van der Waals surface area contributed by atoms with Crippen LogP contribution >= 0.6 is 0 Å². The SMILES string of the molecule is OC(CNCCN1CCOCC1)COCc1ccccc1. The summed E-state index contributed by atoms with van der Waals surface area (Å²) in [6.45, 7) is 7.03. The van der Waals surface area contributed by atoms with Crippen LogP contribution in [0.1, 0.15) is 5.56 Å². The van der Waals surface area contributed by atoms with Crippen molar-refractivity contribution in [3.05, 3.63) is 35.9 Å². The molecule has 0 spiro atoms. The maximum absolute atomic E-state index is 9.84. The molecule has 1 heterocycles. The van der Waals surface area contributed by atoms with Crippen molar-refractivity contribution in [3.8, 4) is 0 Å². The molecule has 0 bridgehead atoms. The fourth-order valence-electron chi connectivity index (χ4n) is 2.28. The molecule has 1 aromatic rings. The third-order valence-corrected chi connectivity index (χ3v) is 3.51. The molecule has 118 valence electrons. The van der Waals surface area contributed by atoms with E-state index in [4.69, 9.17) is 9.47 Å². The molecule has 1 aliphatic rings. The number of hydrogen-bond acceptors (Lipinski definition) is 5. The molecule has 0 aromatic heterocycles. The summed E-state index contributed by atoms with van der Waals surface area (Å²) in [4.78, 5) is 2.37. The zero-order chi connectivity index (χ0) is 14.8. The fraction of sp³-hybridized carbons (Fsp3) is 0.625. The predicted molar refractivity (Wildman–Crippen MR) is 82.2 cm³/mol. The van der Waals surface area contributed by atoms with Crippen molar-refractivity contribution < 1.29 is 14.6 Å². The topological polar surface area (TPSA) is 54.0 Å². The molecule has 0 saturated carbocycles. The molecule has 0 radical (unpaired) electrons. The highest BCUT2D eigenvalue weighted by Gasteiger charge is 2.09. The third kappa shape index (κ3) is 7.02. The van der Waals surface area contributed by atoms with E-state index in [2.05, 4.69) is 10.2 Å². The number of aliphatic hydroxyl groups excluding tert-OH is 1. The maximum Gasteiger partial charge on any atom is 0.0897 e. The summed E-state index contributed by atoms with van der Waals surface area (Å²) in [5.74, 6) is 0. The average Bonchev–Trinajstić information content (AvgIpc) is 2.54. The van der Waals surface area contributed by atoms with E-state index in [0.717, 1.165) is 45.0 Å². The standard InChI is InChI=1S/C16H26N2O3/c19-16(14-21-13-15-4-2-1-3-5-15)12-17-6-7-18-8-10-20-11-9-18/h1-5,16-17,19H,6-14H2. The summed E-state index contributed by atoms with van der Waals surface area (Å²) in [6, 6.07) is 10.0. The van der Waals surface area contributed by atoms with E-state index in [9.17, 15) is 5.11 Å². The van der Waals surface area contributed by atoms with Gasteiger partial charge in [-0.25, -0.2) is 0 Å². The first-order valence-corrected chi connectivity index (χ1v) is 7.65. The number of nitrogens with one attached hydrogen (secondary N) is 1. The smallest absolute Gasteiger partial charge is 0.0897 e. The van der Waals surface area contributed by atoms with Gasteiger partial charge in [-0.1, -0.05) is 30.3 Å². The molecule has 1 saturated heterocycles. The number of rotatable bonds is 9. The summed E-state index contributed by atoms with van der Waals surface area (Å²) in [5, 5.41) is 13.1. The largest absolute Gasteiger partial charge is 0.389 e. The minimum Gasteiger partial charge on any atom is -0.389 e. The Bertz CT molecular complexity index is 369. The van der Waals surface area contributed by atoms with Gasteiger partial charge in [-0.05, 0) is 5.56 Å². The second-order valence-corrected chi connectivity index (χ2v) is 5.31. The highest BCUT2D eigenvalue weighted by molar-refractivity contribution is 5.13. The monoisotopic (exact) mass is 294 g/mol. The molecule has 5 heteroatoms. The Morgan fingerprint density at radius 3 is 2.76 bits per heavy atom. The van der Waals surface area contributed by atoms with Crippen LogP contribution in [0.3, 0.4) is 0 Å². The van der Waals surface area contributed by atoms with Crippen LogP contribution in [0.5, 0.6) is 0 Å². The van der Waals surface area contributed by atoms with Gasteiger partial charge in [-0.3, -0.25) is 4.90 Å². The van der Waals surface area contributed by atoms with E-state index in [-0.39, 0.29) is 0 Å². The lowest BCUT2D eigenvalue weighted by Gasteiger charge is -2.26. The Hall–Kier alpha value is -0.980.